The van der Waals surface area contributed by atoms with Gasteiger partial charge in [0.1, 0.15) is 0 Å². The highest BCUT2D eigenvalue weighted by atomic mass is 32.2. The number of para-hydroxylation sites is 1. The molecule has 0 atom stereocenters. The first-order chi connectivity index (χ1) is 29.7. The van der Waals surface area contributed by atoms with Gasteiger partial charge in [-0.25, -0.2) is 15.0 Å². The highest BCUT2D eigenvalue weighted by Crippen LogP contribution is 2.62. The van der Waals surface area contributed by atoms with E-state index in [1.54, 1.807) is 0 Å². The molecule has 13 rings (SSSR count). The maximum Gasteiger partial charge on any atom is 0.0972 e. The molecule has 0 saturated heterocycles. The lowest BCUT2D eigenvalue weighted by atomic mass is 9.67. The quantitative estimate of drug-likeness (QED) is 0.167. The third-order valence-corrected chi connectivity index (χ3v) is 13.8. The van der Waals surface area contributed by atoms with Crippen molar-refractivity contribution in [2.45, 2.75) is 15.2 Å². The number of hydrogen-bond donors (Lipinski definition) is 0. The monoisotopic (exact) mass is 779 g/mol. The maximum atomic E-state index is 5.50. The second kappa shape index (κ2) is 12.8. The van der Waals surface area contributed by atoms with Gasteiger partial charge in [-0.05, 0) is 81.2 Å². The molecule has 11 aromatic rings. The van der Waals surface area contributed by atoms with Crippen molar-refractivity contribution in [3.05, 3.63) is 222 Å². The number of benzene rings is 8. The minimum atomic E-state index is -0.477. The van der Waals surface area contributed by atoms with E-state index in [0.29, 0.717) is 0 Å². The number of aromatic nitrogens is 3. The minimum absolute atomic E-state index is 0.477. The molecule has 1 aliphatic heterocycles. The first-order valence-corrected chi connectivity index (χ1v) is 21.2. The fourth-order valence-corrected chi connectivity index (χ4v) is 11.3. The summed E-state index contributed by atoms with van der Waals surface area (Å²) in [6.07, 6.45) is 0. The second-order valence-electron chi connectivity index (χ2n) is 15.9. The zero-order chi connectivity index (χ0) is 39.4. The number of fused-ring (bicyclic) bond motifs is 15. The van der Waals surface area contributed by atoms with Gasteiger partial charge in [-0.1, -0.05) is 169 Å². The van der Waals surface area contributed by atoms with Crippen LogP contribution in [0.1, 0.15) is 22.3 Å². The van der Waals surface area contributed by atoms with Crippen LogP contribution in [0, 0.1) is 0 Å². The van der Waals surface area contributed by atoms with E-state index in [4.69, 9.17) is 15.0 Å². The third kappa shape index (κ3) is 4.77. The predicted octanol–water partition coefficient (Wildman–Crippen LogP) is 14.3. The molecule has 1 spiro atoms. The average Bonchev–Trinajstić information content (AvgIpc) is 3.61. The highest BCUT2D eigenvalue weighted by molar-refractivity contribution is 7.99. The molecule has 278 valence electrons. The summed E-state index contributed by atoms with van der Waals surface area (Å²) in [5, 5.41) is 5.64. The standard InChI is InChI=1S/C56H33N3S/c1-2-13-34(14-3-1)48-29-27-35-25-26-36-28-30-49(58-55(36)54(35)57-48)37-15-12-16-38(31-37)53-43-32-47-52(33-42(43)41-19-6-10-23-50(41)59-53)60-51-24-11-9-22-46(51)56(47)44-20-7-4-17-39(44)40-18-5-8-21-45(40)56/h1-33H. The maximum absolute atomic E-state index is 5.50. The fourth-order valence-electron chi connectivity index (χ4n) is 10.0. The van der Waals surface area contributed by atoms with Crippen LogP contribution < -0.4 is 0 Å². The van der Waals surface area contributed by atoms with Crippen LogP contribution in [0.2, 0.25) is 0 Å². The Labute approximate surface area is 351 Å². The lowest BCUT2D eigenvalue weighted by Gasteiger charge is -2.40. The summed E-state index contributed by atoms with van der Waals surface area (Å²) in [5.74, 6) is 0. The molecule has 60 heavy (non-hydrogen) atoms. The Morgan fingerprint density at radius 3 is 1.68 bits per heavy atom. The third-order valence-electron chi connectivity index (χ3n) is 12.7. The minimum Gasteiger partial charge on any atom is -0.247 e. The lowest BCUT2D eigenvalue weighted by molar-refractivity contribution is 0.724. The van der Waals surface area contributed by atoms with Gasteiger partial charge in [0.15, 0.2) is 0 Å². The van der Waals surface area contributed by atoms with Crippen molar-refractivity contribution in [1.29, 1.82) is 0 Å². The molecule has 0 N–H and O–H groups in total. The Hall–Kier alpha value is -7.40. The molecule has 3 nitrogen and oxygen atoms in total. The molecule has 0 amide bonds. The summed E-state index contributed by atoms with van der Waals surface area (Å²) in [4.78, 5) is 18.6. The summed E-state index contributed by atoms with van der Waals surface area (Å²) < 4.78 is 0. The van der Waals surface area contributed by atoms with Gasteiger partial charge in [-0.2, -0.15) is 0 Å². The largest absolute Gasteiger partial charge is 0.247 e. The summed E-state index contributed by atoms with van der Waals surface area (Å²) in [6.45, 7) is 0. The SMILES string of the molecule is c1ccc(-c2ccc3ccc4ccc(-c5cccc(-c6nc7ccccc7c7cc8c(cc67)C6(c7ccccc7S8)c7ccccc7-c7ccccc76)c5)nc4c3n2)cc1. The fraction of sp³-hybridized carbons (Fsp3) is 0.0179. The first-order valence-electron chi connectivity index (χ1n) is 20.4. The lowest BCUT2D eigenvalue weighted by Crippen LogP contribution is -2.32. The molecule has 3 aromatic heterocycles. The van der Waals surface area contributed by atoms with Crippen molar-refractivity contribution in [2.75, 3.05) is 0 Å². The molecular weight excluding hydrogens is 747 g/mol. The summed E-state index contributed by atoms with van der Waals surface area (Å²) in [6, 6.07) is 72.5. The summed E-state index contributed by atoms with van der Waals surface area (Å²) in [7, 11) is 0. The van der Waals surface area contributed by atoms with Gasteiger partial charge in [-0.15, -0.1) is 0 Å². The average molecular weight is 780 g/mol. The summed E-state index contributed by atoms with van der Waals surface area (Å²) >= 11 is 1.88. The Kier molecular flexibility index (Phi) is 7.16. The van der Waals surface area contributed by atoms with Crippen LogP contribution in [-0.2, 0) is 5.41 Å². The molecule has 4 heteroatoms. The molecule has 0 unspecified atom stereocenters. The van der Waals surface area contributed by atoms with Gasteiger partial charge < -0.3 is 0 Å². The van der Waals surface area contributed by atoms with Gasteiger partial charge in [-0.3, -0.25) is 0 Å². The Bertz CT molecular complexity index is 3550. The van der Waals surface area contributed by atoms with E-state index in [1.807, 2.05) is 17.8 Å². The molecule has 2 aliphatic rings. The molecule has 8 aromatic carbocycles. The molecule has 1 aliphatic carbocycles. The van der Waals surface area contributed by atoms with Gasteiger partial charge in [0.2, 0.25) is 0 Å². The van der Waals surface area contributed by atoms with Crippen LogP contribution >= 0.6 is 11.8 Å². The molecular formula is C56H33N3S. The normalized spacial score (nSPS) is 13.4. The van der Waals surface area contributed by atoms with E-state index < -0.39 is 5.41 Å². The molecule has 4 heterocycles. The zero-order valence-electron chi connectivity index (χ0n) is 32.3. The van der Waals surface area contributed by atoms with Crippen molar-refractivity contribution in [1.82, 2.24) is 15.0 Å². The van der Waals surface area contributed by atoms with Crippen LogP contribution in [-0.4, -0.2) is 15.0 Å². The predicted molar refractivity (Wildman–Crippen MR) is 248 cm³/mol. The van der Waals surface area contributed by atoms with Crippen LogP contribution in [0.4, 0.5) is 0 Å². The van der Waals surface area contributed by atoms with Crippen LogP contribution in [0.3, 0.4) is 0 Å². The molecule has 0 fully saturated rings. The molecule has 0 saturated carbocycles. The van der Waals surface area contributed by atoms with Crippen LogP contribution in [0.15, 0.2) is 210 Å². The van der Waals surface area contributed by atoms with Crippen molar-refractivity contribution < 1.29 is 0 Å². The highest BCUT2D eigenvalue weighted by Gasteiger charge is 2.50. The molecule has 0 radical (unpaired) electrons. The van der Waals surface area contributed by atoms with Crippen molar-refractivity contribution in [2.24, 2.45) is 0 Å². The van der Waals surface area contributed by atoms with E-state index >= 15 is 0 Å². The van der Waals surface area contributed by atoms with E-state index in [1.165, 1.54) is 48.6 Å². The topological polar surface area (TPSA) is 38.7 Å². The van der Waals surface area contributed by atoms with Crippen molar-refractivity contribution in [3.8, 4) is 44.9 Å². The van der Waals surface area contributed by atoms with Crippen molar-refractivity contribution in [3.63, 3.8) is 0 Å². The Morgan fingerprint density at radius 2 is 0.933 bits per heavy atom. The van der Waals surface area contributed by atoms with Crippen LogP contribution in [0.25, 0.3) is 88.4 Å². The number of rotatable bonds is 3. The van der Waals surface area contributed by atoms with Crippen molar-refractivity contribution >= 4 is 55.2 Å². The van der Waals surface area contributed by atoms with Gasteiger partial charge >= 0.3 is 0 Å². The van der Waals surface area contributed by atoms with Gasteiger partial charge in [0, 0.05) is 48.0 Å². The Balaban J connectivity index is 1.04. The van der Waals surface area contributed by atoms with E-state index in [2.05, 4.69) is 194 Å². The van der Waals surface area contributed by atoms with Crippen LogP contribution in [0.5, 0.6) is 0 Å². The van der Waals surface area contributed by atoms with Gasteiger partial charge in [0.05, 0.1) is 39.0 Å². The van der Waals surface area contributed by atoms with Gasteiger partial charge in [0.25, 0.3) is 0 Å². The van der Waals surface area contributed by atoms with E-state index in [0.717, 1.165) is 71.9 Å². The Morgan fingerprint density at radius 1 is 0.350 bits per heavy atom. The van der Waals surface area contributed by atoms with E-state index in [9.17, 15) is 0 Å². The number of hydrogen-bond acceptors (Lipinski definition) is 4. The molecule has 0 bridgehead atoms. The zero-order valence-corrected chi connectivity index (χ0v) is 33.1. The number of pyridine rings is 3. The number of nitrogens with zero attached hydrogens (tertiary/aromatic N) is 3. The first kappa shape index (κ1) is 33.6. The summed E-state index contributed by atoms with van der Waals surface area (Å²) in [5.41, 5.74) is 16.2. The van der Waals surface area contributed by atoms with E-state index in [-0.39, 0.29) is 0 Å². The smallest absolute Gasteiger partial charge is 0.0972 e. The second-order valence-corrected chi connectivity index (χ2v) is 16.9.